The monoisotopic (exact) mass is 276 g/mol. The van der Waals surface area contributed by atoms with E-state index in [1.54, 1.807) is 0 Å². The Kier molecular flexibility index (Phi) is 5.22. The molecule has 1 aliphatic carbocycles. The summed E-state index contributed by atoms with van der Waals surface area (Å²) in [5.74, 6) is 1.53. The Balaban J connectivity index is 1.85. The summed E-state index contributed by atoms with van der Waals surface area (Å²) in [6, 6.07) is 6.13. The molecule has 1 N–H and O–H groups in total. The largest absolute Gasteiger partial charge is 0.386 e. The van der Waals surface area contributed by atoms with E-state index in [1.165, 1.54) is 17.5 Å². The number of aliphatic hydroxyl groups is 1. The average molecular weight is 276 g/mol. The van der Waals surface area contributed by atoms with E-state index < -0.39 is 6.10 Å². The number of hydrogen-bond donors (Lipinski definition) is 1. The Morgan fingerprint density at radius 1 is 1.15 bits per heavy atom. The van der Waals surface area contributed by atoms with E-state index in [-0.39, 0.29) is 0 Å². The van der Waals surface area contributed by atoms with E-state index in [0.717, 1.165) is 30.2 Å². The second-order valence-electron chi connectivity index (χ2n) is 6.58. The highest BCUT2D eigenvalue weighted by atomic mass is 16.5. The van der Waals surface area contributed by atoms with Gasteiger partial charge in [-0.25, -0.2) is 0 Å². The molecule has 2 nitrogen and oxygen atoms in total. The van der Waals surface area contributed by atoms with Crippen molar-refractivity contribution in [2.75, 3.05) is 6.61 Å². The van der Waals surface area contributed by atoms with Crippen molar-refractivity contribution in [2.45, 2.75) is 59.2 Å². The van der Waals surface area contributed by atoms with Crippen LogP contribution in [0, 0.1) is 25.7 Å². The summed E-state index contributed by atoms with van der Waals surface area (Å²) in [6.45, 7) is 9.21. The molecule has 2 heteroatoms. The van der Waals surface area contributed by atoms with Gasteiger partial charge in [0.25, 0.3) is 0 Å². The molecule has 4 atom stereocenters. The lowest BCUT2D eigenvalue weighted by Gasteiger charge is -2.32. The second-order valence-corrected chi connectivity index (χ2v) is 6.58. The molecular formula is C18H28O2. The molecule has 112 valence electrons. The van der Waals surface area contributed by atoms with Crippen LogP contribution >= 0.6 is 0 Å². The van der Waals surface area contributed by atoms with Gasteiger partial charge in [-0.15, -0.1) is 0 Å². The summed E-state index contributed by atoms with van der Waals surface area (Å²) in [6.07, 6.45) is 3.31. The van der Waals surface area contributed by atoms with Crippen LogP contribution in [0.5, 0.6) is 0 Å². The summed E-state index contributed by atoms with van der Waals surface area (Å²) < 4.78 is 5.94. The number of rotatable bonds is 4. The quantitative estimate of drug-likeness (QED) is 0.894. The number of aliphatic hydroxyl groups excluding tert-OH is 1. The molecule has 0 aromatic heterocycles. The van der Waals surface area contributed by atoms with Crippen molar-refractivity contribution >= 4 is 0 Å². The van der Waals surface area contributed by atoms with Crippen LogP contribution in [0.4, 0.5) is 0 Å². The average Bonchev–Trinajstić information content (AvgIpc) is 2.43. The Bertz CT molecular complexity index is 441. The third-order valence-electron chi connectivity index (χ3n) is 4.96. The standard InChI is InChI=1S/C18H28O2/c1-12-5-7-16(9-14(12)3)18(19)11-20-17-8-6-13(2)15(4)10-17/h5,7,9,13,15,17-19H,6,8,10-11H2,1-4H3. The van der Waals surface area contributed by atoms with Crippen LogP contribution in [0.3, 0.4) is 0 Å². The molecule has 2 rings (SSSR count). The Morgan fingerprint density at radius 2 is 1.90 bits per heavy atom. The minimum Gasteiger partial charge on any atom is -0.386 e. The minimum atomic E-state index is -0.510. The molecule has 4 unspecified atom stereocenters. The van der Waals surface area contributed by atoms with Gasteiger partial charge in [0.15, 0.2) is 0 Å². The first-order chi connectivity index (χ1) is 9.47. The van der Waals surface area contributed by atoms with Gasteiger partial charge in [-0.05, 0) is 61.6 Å². The summed E-state index contributed by atoms with van der Waals surface area (Å²) in [5, 5.41) is 10.3. The van der Waals surface area contributed by atoms with Crippen molar-refractivity contribution in [1.82, 2.24) is 0 Å². The smallest absolute Gasteiger partial charge is 0.102 e. The summed E-state index contributed by atoms with van der Waals surface area (Å²) in [5.41, 5.74) is 3.45. The van der Waals surface area contributed by atoms with Crippen molar-refractivity contribution < 1.29 is 9.84 Å². The first-order valence-electron chi connectivity index (χ1n) is 7.84. The fourth-order valence-electron chi connectivity index (χ4n) is 2.94. The van der Waals surface area contributed by atoms with Gasteiger partial charge in [-0.2, -0.15) is 0 Å². The van der Waals surface area contributed by atoms with Gasteiger partial charge in [0.2, 0.25) is 0 Å². The molecule has 0 saturated heterocycles. The predicted octanol–water partition coefficient (Wildman–Crippen LogP) is 4.18. The van der Waals surface area contributed by atoms with Crippen LogP contribution < -0.4 is 0 Å². The zero-order valence-electron chi connectivity index (χ0n) is 13.2. The van der Waals surface area contributed by atoms with E-state index in [2.05, 4.69) is 39.8 Å². The maximum Gasteiger partial charge on any atom is 0.102 e. The Morgan fingerprint density at radius 3 is 2.55 bits per heavy atom. The van der Waals surface area contributed by atoms with E-state index >= 15 is 0 Å². The molecule has 20 heavy (non-hydrogen) atoms. The fraction of sp³-hybridized carbons (Fsp3) is 0.667. The lowest BCUT2D eigenvalue weighted by atomic mass is 9.80. The maximum atomic E-state index is 10.3. The van der Waals surface area contributed by atoms with Gasteiger partial charge in [0.1, 0.15) is 6.10 Å². The van der Waals surface area contributed by atoms with E-state index in [9.17, 15) is 5.11 Å². The van der Waals surface area contributed by atoms with Crippen molar-refractivity contribution in [2.24, 2.45) is 11.8 Å². The van der Waals surface area contributed by atoms with E-state index in [0.29, 0.717) is 12.7 Å². The van der Waals surface area contributed by atoms with Crippen LogP contribution in [0.2, 0.25) is 0 Å². The van der Waals surface area contributed by atoms with Crippen molar-refractivity contribution in [1.29, 1.82) is 0 Å². The molecule has 0 radical (unpaired) electrons. The molecule has 0 aliphatic heterocycles. The van der Waals surface area contributed by atoms with Crippen molar-refractivity contribution in [3.63, 3.8) is 0 Å². The van der Waals surface area contributed by atoms with Crippen LogP contribution in [-0.2, 0) is 4.74 Å². The molecule has 0 spiro atoms. The van der Waals surface area contributed by atoms with E-state index in [4.69, 9.17) is 4.74 Å². The summed E-state index contributed by atoms with van der Waals surface area (Å²) >= 11 is 0. The number of aryl methyl sites for hydroxylation is 2. The van der Waals surface area contributed by atoms with E-state index in [1.807, 2.05) is 6.07 Å². The SMILES string of the molecule is Cc1ccc(C(O)COC2CCC(C)C(C)C2)cc1C. The Labute approximate surface area is 123 Å². The molecule has 1 saturated carbocycles. The topological polar surface area (TPSA) is 29.5 Å². The summed E-state index contributed by atoms with van der Waals surface area (Å²) in [4.78, 5) is 0. The highest BCUT2D eigenvalue weighted by molar-refractivity contribution is 5.31. The third-order valence-corrected chi connectivity index (χ3v) is 4.96. The lowest BCUT2D eigenvalue weighted by molar-refractivity contribution is -0.0397. The zero-order chi connectivity index (χ0) is 14.7. The molecule has 0 amide bonds. The minimum absolute atomic E-state index is 0.322. The maximum absolute atomic E-state index is 10.3. The molecule has 0 heterocycles. The Hall–Kier alpha value is -0.860. The summed E-state index contributed by atoms with van der Waals surface area (Å²) in [7, 11) is 0. The van der Waals surface area contributed by atoms with Crippen LogP contribution in [-0.4, -0.2) is 17.8 Å². The third kappa shape index (κ3) is 3.83. The molecule has 0 bridgehead atoms. The zero-order valence-corrected chi connectivity index (χ0v) is 13.2. The normalized spacial score (nSPS) is 28.4. The second kappa shape index (κ2) is 6.73. The van der Waals surface area contributed by atoms with Crippen LogP contribution in [0.1, 0.15) is 55.9 Å². The number of ether oxygens (including phenoxy) is 1. The lowest BCUT2D eigenvalue weighted by Crippen LogP contribution is -2.28. The molecule has 1 aliphatic rings. The van der Waals surface area contributed by atoms with Crippen LogP contribution in [0.25, 0.3) is 0 Å². The number of benzene rings is 1. The van der Waals surface area contributed by atoms with Crippen LogP contribution in [0.15, 0.2) is 18.2 Å². The van der Waals surface area contributed by atoms with Gasteiger partial charge in [-0.3, -0.25) is 0 Å². The highest BCUT2D eigenvalue weighted by Gasteiger charge is 2.25. The fourth-order valence-corrected chi connectivity index (χ4v) is 2.94. The molecule has 1 aromatic rings. The first-order valence-corrected chi connectivity index (χ1v) is 7.84. The van der Waals surface area contributed by atoms with Crippen molar-refractivity contribution in [3.05, 3.63) is 34.9 Å². The number of hydrogen-bond acceptors (Lipinski definition) is 2. The van der Waals surface area contributed by atoms with Gasteiger partial charge >= 0.3 is 0 Å². The predicted molar refractivity (Wildman–Crippen MR) is 82.8 cm³/mol. The molecular weight excluding hydrogens is 248 g/mol. The first kappa shape index (κ1) is 15.5. The van der Waals surface area contributed by atoms with Gasteiger partial charge in [-0.1, -0.05) is 32.0 Å². The molecule has 1 aromatic carbocycles. The highest BCUT2D eigenvalue weighted by Crippen LogP contribution is 2.31. The van der Waals surface area contributed by atoms with Gasteiger partial charge in [0.05, 0.1) is 12.7 Å². The van der Waals surface area contributed by atoms with Gasteiger partial charge in [0, 0.05) is 0 Å². The molecule has 1 fully saturated rings. The van der Waals surface area contributed by atoms with Gasteiger partial charge < -0.3 is 9.84 Å². The van der Waals surface area contributed by atoms with Crippen molar-refractivity contribution in [3.8, 4) is 0 Å².